The van der Waals surface area contributed by atoms with E-state index in [4.69, 9.17) is 0 Å². The van der Waals surface area contributed by atoms with Crippen LogP contribution in [0.15, 0.2) is 18.2 Å². The second kappa shape index (κ2) is 7.63. The van der Waals surface area contributed by atoms with E-state index in [9.17, 15) is 4.39 Å². The Kier molecular flexibility index (Phi) is 5.84. The molecule has 0 aliphatic carbocycles. The minimum absolute atomic E-state index is 0.0853. The fraction of sp³-hybridized carbons (Fsp3) is 0.647. The summed E-state index contributed by atoms with van der Waals surface area (Å²) in [7, 11) is 0. The minimum Gasteiger partial charge on any atom is -0.369 e. The van der Waals surface area contributed by atoms with Crippen LogP contribution in [-0.4, -0.2) is 19.6 Å². The van der Waals surface area contributed by atoms with Crippen molar-refractivity contribution in [1.29, 1.82) is 0 Å². The number of piperidine rings is 1. The Hall–Kier alpha value is -1.09. The van der Waals surface area contributed by atoms with Gasteiger partial charge >= 0.3 is 0 Å². The Morgan fingerprint density at radius 2 is 1.95 bits per heavy atom. The number of hydrogen-bond donors (Lipinski definition) is 1. The lowest BCUT2D eigenvalue weighted by Gasteiger charge is -2.29. The maximum atomic E-state index is 14.0. The van der Waals surface area contributed by atoms with Crippen molar-refractivity contribution >= 4 is 5.69 Å². The first-order chi connectivity index (χ1) is 9.66. The number of anilines is 1. The Labute approximate surface area is 122 Å². The summed E-state index contributed by atoms with van der Waals surface area (Å²) in [6.07, 6.45) is 4.81. The van der Waals surface area contributed by atoms with Crippen LogP contribution < -0.4 is 10.2 Å². The standard InChI is InChI=1S/C17H27FN2/c1-14(2)8-9-19-13-15-6-7-16(18)17(12-15)20-10-4-3-5-11-20/h6-7,12,14,19H,3-5,8-11,13H2,1-2H3. The molecule has 0 unspecified atom stereocenters. The van der Waals surface area contributed by atoms with Gasteiger partial charge in [-0.1, -0.05) is 19.9 Å². The summed E-state index contributed by atoms with van der Waals surface area (Å²) >= 11 is 0. The molecule has 1 aromatic carbocycles. The maximum Gasteiger partial charge on any atom is 0.146 e. The zero-order valence-corrected chi connectivity index (χ0v) is 12.8. The molecule has 112 valence electrons. The Balaban J connectivity index is 1.93. The van der Waals surface area contributed by atoms with Crippen molar-refractivity contribution < 1.29 is 4.39 Å². The summed E-state index contributed by atoms with van der Waals surface area (Å²) in [6.45, 7) is 8.28. The van der Waals surface area contributed by atoms with Crippen LogP contribution in [0.25, 0.3) is 0 Å². The van der Waals surface area contributed by atoms with Crippen LogP contribution in [0.4, 0.5) is 10.1 Å². The van der Waals surface area contributed by atoms with Crippen LogP contribution in [0.5, 0.6) is 0 Å². The lowest BCUT2D eigenvalue weighted by Crippen LogP contribution is -2.30. The highest BCUT2D eigenvalue weighted by Gasteiger charge is 2.15. The molecule has 0 saturated carbocycles. The summed E-state index contributed by atoms with van der Waals surface area (Å²) < 4.78 is 14.0. The fourth-order valence-corrected chi connectivity index (χ4v) is 2.67. The molecule has 1 aliphatic rings. The van der Waals surface area contributed by atoms with Gasteiger partial charge in [0, 0.05) is 19.6 Å². The van der Waals surface area contributed by atoms with Gasteiger partial charge in [0.05, 0.1) is 5.69 Å². The SMILES string of the molecule is CC(C)CCNCc1ccc(F)c(N2CCCCC2)c1. The molecule has 0 amide bonds. The quantitative estimate of drug-likeness (QED) is 0.793. The largest absolute Gasteiger partial charge is 0.369 e. The van der Waals surface area contributed by atoms with Gasteiger partial charge in [-0.05, 0) is 55.8 Å². The third-order valence-corrected chi connectivity index (χ3v) is 3.93. The predicted molar refractivity (Wildman–Crippen MR) is 83.6 cm³/mol. The van der Waals surface area contributed by atoms with E-state index in [2.05, 4.69) is 24.1 Å². The summed E-state index contributed by atoms with van der Waals surface area (Å²) in [5, 5.41) is 3.44. The molecule has 0 radical (unpaired) electrons. The number of benzene rings is 1. The molecule has 1 aromatic rings. The maximum absolute atomic E-state index is 14.0. The van der Waals surface area contributed by atoms with Gasteiger partial charge in [-0.15, -0.1) is 0 Å². The molecule has 20 heavy (non-hydrogen) atoms. The molecular formula is C17H27FN2. The molecule has 1 heterocycles. The van der Waals surface area contributed by atoms with Gasteiger partial charge in [-0.25, -0.2) is 4.39 Å². The number of halogens is 1. The lowest BCUT2D eigenvalue weighted by atomic mass is 10.1. The first-order valence-corrected chi connectivity index (χ1v) is 7.91. The highest BCUT2D eigenvalue weighted by molar-refractivity contribution is 5.50. The van der Waals surface area contributed by atoms with E-state index in [-0.39, 0.29) is 5.82 Å². The zero-order chi connectivity index (χ0) is 14.4. The molecule has 1 N–H and O–H groups in total. The van der Waals surface area contributed by atoms with Crippen molar-refractivity contribution in [2.45, 2.75) is 46.1 Å². The van der Waals surface area contributed by atoms with Crippen molar-refractivity contribution in [3.05, 3.63) is 29.6 Å². The second-order valence-corrected chi connectivity index (χ2v) is 6.19. The summed E-state index contributed by atoms with van der Waals surface area (Å²) in [4.78, 5) is 2.19. The van der Waals surface area contributed by atoms with E-state index < -0.39 is 0 Å². The van der Waals surface area contributed by atoms with Crippen molar-refractivity contribution in [2.75, 3.05) is 24.5 Å². The molecule has 1 saturated heterocycles. The van der Waals surface area contributed by atoms with Crippen LogP contribution >= 0.6 is 0 Å². The Morgan fingerprint density at radius 3 is 2.65 bits per heavy atom. The Morgan fingerprint density at radius 1 is 1.20 bits per heavy atom. The van der Waals surface area contributed by atoms with Gasteiger partial charge in [0.25, 0.3) is 0 Å². The summed E-state index contributed by atoms with van der Waals surface area (Å²) in [5.74, 6) is 0.637. The van der Waals surface area contributed by atoms with Gasteiger partial charge in [0.2, 0.25) is 0 Å². The van der Waals surface area contributed by atoms with Crippen LogP contribution in [0.1, 0.15) is 45.1 Å². The molecule has 1 aliphatic heterocycles. The third kappa shape index (κ3) is 4.48. The van der Waals surface area contributed by atoms with Crippen LogP contribution in [0.3, 0.4) is 0 Å². The molecule has 1 fully saturated rings. The van der Waals surface area contributed by atoms with Gasteiger partial charge < -0.3 is 10.2 Å². The van der Waals surface area contributed by atoms with Crippen LogP contribution in [0, 0.1) is 11.7 Å². The topological polar surface area (TPSA) is 15.3 Å². The van der Waals surface area contributed by atoms with Crippen LogP contribution in [-0.2, 0) is 6.54 Å². The highest BCUT2D eigenvalue weighted by atomic mass is 19.1. The second-order valence-electron chi connectivity index (χ2n) is 6.19. The highest BCUT2D eigenvalue weighted by Crippen LogP contribution is 2.24. The smallest absolute Gasteiger partial charge is 0.146 e. The fourth-order valence-electron chi connectivity index (χ4n) is 2.67. The molecule has 0 spiro atoms. The molecule has 0 bridgehead atoms. The van der Waals surface area contributed by atoms with E-state index in [1.807, 2.05) is 12.1 Å². The van der Waals surface area contributed by atoms with Gasteiger partial charge in [0.1, 0.15) is 5.82 Å². The molecule has 3 heteroatoms. The number of rotatable bonds is 6. The third-order valence-electron chi connectivity index (χ3n) is 3.93. The van der Waals surface area contributed by atoms with Crippen molar-refractivity contribution in [3.8, 4) is 0 Å². The van der Waals surface area contributed by atoms with Crippen molar-refractivity contribution in [2.24, 2.45) is 5.92 Å². The van der Waals surface area contributed by atoms with Crippen molar-refractivity contribution in [3.63, 3.8) is 0 Å². The summed E-state index contributed by atoms with van der Waals surface area (Å²) in [6, 6.07) is 5.53. The van der Waals surface area contributed by atoms with Gasteiger partial charge in [-0.3, -0.25) is 0 Å². The average Bonchev–Trinajstić information content (AvgIpc) is 2.46. The lowest BCUT2D eigenvalue weighted by molar-refractivity contribution is 0.536. The predicted octanol–water partition coefficient (Wildman–Crippen LogP) is 3.95. The molecule has 0 aromatic heterocycles. The van der Waals surface area contributed by atoms with E-state index in [0.717, 1.165) is 37.8 Å². The number of nitrogens with one attached hydrogen (secondary N) is 1. The van der Waals surface area contributed by atoms with E-state index in [1.165, 1.54) is 31.2 Å². The average molecular weight is 278 g/mol. The summed E-state index contributed by atoms with van der Waals surface area (Å²) in [5.41, 5.74) is 1.96. The number of hydrogen-bond acceptors (Lipinski definition) is 2. The van der Waals surface area contributed by atoms with E-state index in [0.29, 0.717) is 0 Å². The van der Waals surface area contributed by atoms with Crippen molar-refractivity contribution in [1.82, 2.24) is 5.32 Å². The molecule has 2 nitrogen and oxygen atoms in total. The molecule has 2 rings (SSSR count). The van der Waals surface area contributed by atoms with E-state index >= 15 is 0 Å². The molecular weight excluding hydrogens is 251 g/mol. The first-order valence-electron chi connectivity index (χ1n) is 7.91. The first kappa shape index (κ1) is 15.3. The van der Waals surface area contributed by atoms with Crippen LogP contribution in [0.2, 0.25) is 0 Å². The minimum atomic E-state index is -0.0853. The van der Waals surface area contributed by atoms with E-state index in [1.54, 1.807) is 6.07 Å². The number of nitrogens with zero attached hydrogens (tertiary/aromatic N) is 1. The monoisotopic (exact) mass is 278 g/mol. The van der Waals surface area contributed by atoms with Gasteiger partial charge in [-0.2, -0.15) is 0 Å². The normalized spacial score (nSPS) is 15.9. The Bertz CT molecular complexity index is 411. The van der Waals surface area contributed by atoms with Gasteiger partial charge in [0.15, 0.2) is 0 Å². The zero-order valence-electron chi connectivity index (χ0n) is 12.8. The molecule has 0 atom stereocenters.